The van der Waals surface area contributed by atoms with E-state index in [4.69, 9.17) is 9.47 Å². The first-order valence-electron chi connectivity index (χ1n) is 9.15. The highest BCUT2D eigenvalue weighted by atomic mass is 16.5. The number of benzene rings is 2. The second-order valence-corrected chi connectivity index (χ2v) is 6.83. The van der Waals surface area contributed by atoms with Crippen LogP contribution in [0.5, 0.6) is 11.5 Å². The van der Waals surface area contributed by atoms with Gasteiger partial charge in [0.05, 0.1) is 25.5 Å². The second-order valence-electron chi connectivity index (χ2n) is 6.83. The van der Waals surface area contributed by atoms with Crippen LogP contribution < -0.4 is 25.4 Å². The average Bonchev–Trinajstić information content (AvgIpc) is 2.69. The molecule has 0 aliphatic carbocycles. The molecule has 0 radical (unpaired) electrons. The first-order valence-corrected chi connectivity index (χ1v) is 9.15. The van der Waals surface area contributed by atoms with Crippen LogP contribution in [0.2, 0.25) is 0 Å². The van der Waals surface area contributed by atoms with E-state index < -0.39 is 0 Å². The topological polar surface area (TPSA) is 77.0 Å². The number of amides is 2. The van der Waals surface area contributed by atoms with Gasteiger partial charge in [-0.3, -0.25) is 9.59 Å². The molecule has 0 saturated heterocycles. The van der Waals surface area contributed by atoms with Gasteiger partial charge in [0.15, 0.2) is 11.5 Å². The molecule has 1 aliphatic rings. The summed E-state index contributed by atoms with van der Waals surface area (Å²) in [5, 5.41) is 4.54. The van der Waals surface area contributed by atoms with Crippen molar-refractivity contribution in [1.82, 2.24) is 5.32 Å². The maximum absolute atomic E-state index is 12.4. The molecule has 2 amide bonds. The van der Waals surface area contributed by atoms with Crippen molar-refractivity contribution in [3.8, 4) is 11.5 Å². The van der Waals surface area contributed by atoms with E-state index in [9.17, 15) is 9.59 Å². The quantitative estimate of drug-likeness (QED) is 0.828. The predicted octanol–water partition coefficient (Wildman–Crippen LogP) is 1.70. The molecule has 1 aliphatic heterocycles. The maximum atomic E-state index is 12.4. The van der Waals surface area contributed by atoms with Gasteiger partial charge in [-0.1, -0.05) is 6.08 Å². The molecular formula is C22H24N2O4. The monoisotopic (exact) mass is 380 g/mol. The summed E-state index contributed by atoms with van der Waals surface area (Å²) in [7, 11) is 3.07. The van der Waals surface area contributed by atoms with E-state index in [2.05, 4.69) is 16.4 Å². The van der Waals surface area contributed by atoms with Crippen LogP contribution in [0.4, 0.5) is 0 Å². The largest absolute Gasteiger partial charge is 0.493 e. The minimum absolute atomic E-state index is 0.170. The number of nitrogens with one attached hydrogen (secondary N) is 1. The lowest BCUT2D eigenvalue weighted by Crippen LogP contribution is -2.36. The average molecular weight is 380 g/mol. The van der Waals surface area contributed by atoms with Gasteiger partial charge in [-0.2, -0.15) is 0 Å². The molecule has 1 N–H and O–H groups in total. The molecule has 1 heterocycles. The Morgan fingerprint density at radius 1 is 1.07 bits per heavy atom. The molecule has 0 aromatic heterocycles. The SMILES string of the molecule is COc1ccc(C(=O)NCCC2C=c3cc(C)c(C)cc3=NC2=O)cc1OC. The smallest absolute Gasteiger partial charge is 0.253 e. The summed E-state index contributed by atoms with van der Waals surface area (Å²) in [6.45, 7) is 4.42. The summed E-state index contributed by atoms with van der Waals surface area (Å²) in [6, 6.07) is 8.98. The summed E-state index contributed by atoms with van der Waals surface area (Å²) in [6.07, 6.45) is 2.44. The lowest BCUT2D eigenvalue weighted by atomic mass is 9.98. The van der Waals surface area contributed by atoms with Gasteiger partial charge in [0.2, 0.25) is 0 Å². The third-order valence-corrected chi connectivity index (χ3v) is 4.96. The lowest BCUT2D eigenvalue weighted by Gasteiger charge is -2.14. The standard InChI is InChI=1S/C22H24N2O4/c1-13-9-17-11-16(22(26)24-18(17)10-14(13)2)7-8-23-21(25)15-5-6-19(27-3)20(12-15)28-4/h5-6,9-12,16H,7-8H2,1-4H3,(H,23,25). The van der Waals surface area contributed by atoms with Crippen LogP contribution in [0.15, 0.2) is 35.3 Å². The maximum Gasteiger partial charge on any atom is 0.253 e. The Balaban J connectivity index is 1.66. The van der Waals surface area contributed by atoms with E-state index in [1.54, 1.807) is 25.3 Å². The molecule has 1 atom stereocenters. The number of aryl methyl sites for hydroxylation is 2. The van der Waals surface area contributed by atoms with E-state index in [0.717, 1.165) is 16.1 Å². The predicted molar refractivity (Wildman–Crippen MR) is 106 cm³/mol. The zero-order valence-electron chi connectivity index (χ0n) is 16.5. The molecule has 0 spiro atoms. The van der Waals surface area contributed by atoms with Crippen LogP contribution in [-0.4, -0.2) is 32.6 Å². The fourth-order valence-electron chi connectivity index (χ4n) is 3.17. The first kappa shape index (κ1) is 19.6. The Hall–Kier alpha value is -3.15. The number of hydrogen-bond acceptors (Lipinski definition) is 4. The van der Waals surface area contributed by atoms with Crippen LogP contribution in [0, 0.1) is 19.8 Å². The minimum Gasteiger partial charge on any atom is -0.493 e. The number of nitrogens with zero attached hydrogens (tertiary/aromatic N) is 1. The molecule has 28 heavy (non-hydrogen) atoms. The number of carbonyl (C=O) groups is 2. The number of ether oxygens (including phenoxy) is 2. The first-order chi connectivity index (χ1) is 13.4. The Kier molecular flexibility index (Phi) is 5.78. The number of carbonyl (C=O) groups excluding carboxylic acids is 2. The van der Waals surface area contributed by atoms with Gasteiger partial charge in [-0.25, -0.2) is 4.99 Å². The van der Waals surface area contributed by atoms with Gasteiger partial charge in [0.1, 0.15) is 0 Å². The third-order valence-electron chi connectivity index (χ3n) is 4.96. The van der Waals surface area contributed by atoms with Gasteiger partial charge < -0.3 is 14.8 Å². The zero-order chi connectivity index (χ0) is 20.3. The molecule has 6 nitrogen and oxygen atoms in total. The lowest BCUT2D eigenvalue weighted by molar-refractivity contribution is -0.120. The Bertz CT molecular complexity index is 1040. The Morgan fingerprint density at radius 2 is 1.79 bits per heavy atom. The summed E-state index contributed by atoms with van der Waals surface area (Å²) in [5.41, 5.74) is 2.75. The second kappa shape index (κ2) is 8.25. The minimum atomic E-state index is -0.333. The number of rotatable bonds is 6. The van der Waals surface area contributed by atoms with E-state index in [-0.39, 0.29) is 17.7 Å². The molecule has 2 aromatic carbocycles. The molecule has 0 saturated carbocycles. The van der Waals surface area contributed by atoms with E-state index in [1.165, 1.54) is 12.7 Å². The third kappa shape index (κ3) is 4.06. The van der Waals surface area contributed by atoms with Gasteiger partial charge >= 0.3 is 0 Å². The normalized spacial score (nSPS) is 15.1. The highest BCUT2D eigenvalue weighted by Crippen LogP contribution is 2.27. The number of methoxy groups -OCH3 is 2. The van der Waals surface area contributed by atoms with E-state index in [0.29, 0.717) is 30.0 Å². The van der Waals surface area contributed by atoms with Crippen LogP contribution in [0.1, 0.15) is 27.9 Å². The Morgan fingerprint density at radius 3 is 2.50 bits per heavy atom. The van der Waals surface area contributed by atoms with Crippen LogP contribution in [0.3, 0.4) is 0 Å². The van der Waals surface area contributed by atoms with Crippen molar-refractivity contribution in [2.45, 2.75) is 20.3 Å². The van der Waals surface area contributed by atoms with E-state index >= 15 is 0 Å². The van der Waals surface area contributed by atoms with Crippen molar-refractivity contribution in [3.63, 3.8) is 0 Å². The summed E-state index contributed by atoms with van der Waals surface area (Å²) < 4.78 is 10.4. The van der Waals surface area contributed by atoms with Gasteiger partial charge in [-0.05, 0) is 66.9 Å². The molecule has 6 heteroatoms. The Labute approximate surface area is 163 Å². The molecule has 0 bridgehead atoms. The van der Waals surface area contributed by atoms with Crippen LogP contribution in [0.25, 0.3) is 6.08 Å². The van der Waals surface area contributed by atoms with Crippen LogP contribution in [-0.2, 0) is 4.79 Å². The van der Waals surface area contributed by atoms with Crippen molar-refractivity contribution >= 4 is 17.9 Å². The molecular weight excluding hydrogens is 356 g/mol. The number of fused-ring (bicyclic) bond motifs is 1. The fraction of sp³-hybridized carbons (Fsp3) is 0.318. The fourth-order valence-corrected chi connectivity index (χ4v) is 3.17. The van der Waals surface area contributed by atoms with Crippen molar-refractivity contribution in [2.24, 2.45) is 10.9 Å². The van der Waals surface area contributed by atoms with Gasteiger partial charge in [0, 0.05) is 12.1 Å². The molecule has 2 aromatic rings. The van der Waals surface area contributed by atoms with Gasteiger partial charge in [-0.15, -0.1) is 0 Å². The zero-order valence-corrected chi connectivity index (χ0v) is 16.5. The molecule has 0 fully saturated rings. The van der Waals surface area contributed by atoms with Gasteiger partial charge in [0.25, 0.3) is 11.8 Å². The van der Waals surface area contributed by atoms with Crippen molar-refractivity contribution < 1.29 is 19.1 Å². The van der Waals surface area contributed by atoms with E-state index in [1.807, 2.05) is 26.0 Å². The highest BCUT2D eigenvalue weighted by molar-refractivity contribution is 5.95. The molecule has 1 unspecified atom stereocenters. The summed E-state index contributed by atoms with van der Waals surface area (Å²) in [4.78, 5) is 28.9. The van der Waals surface area contributed by atoms with Crippen molar-refractivity contribution in [2.75, 3.05) is 20.8 Å². The molecule has 3 rings (SSSR count). The van der Waals surface area contributed by atoms with Crippen molar-refractivity contribution in [1.29, 1.82) is 0 Å². The summed E-state index contributed by atoms with van der Waals surface area (Å²) >= 11 is 0. The molecule has 146 valence electrons. The summed E-state index contributed by atoms with van der Waals surface area (Å²) in [5.74, 6) is 0.323. The van der Waals surface area contributed by atoms with Crippen molar-refractivity contribution in [3.05, 3.63) is 57.6 Å². The van der Waals surface area contributed by atoms with Crippen LogP contribution >= 0.6 is 0 Å². The number of hydrogen-bond donors (Lipinski definition) is 1. The highest BCUT2D eigenvalue weighted by Gasteiger charge is 2.19.